The number of aliphatic hydroxyl groups excluding tert-OH is 1. The van der Waals surface area contributed by atoms with E-state index in [1.165, 1.54) is 0 Å². The number of aliphatic hydroxyl groups is 1. The number of rotatable bonds is 6. The number of esters is 1. The van der Waals surface area contributed by atoms with Crippen molar-refractivity contribution in [1.82, 2.24) is 0 Å². The van der Waals surface area contributed by atoms with Gasteiger partial charge in [0.25, 0.3) is 5.95 Å². The Labute approximate surface area is 103 Å². The van der Waals surface area contributed by atoms with E-state index in [1.54, 1.807) is 34.6 Å². The SMILES string of the molecule is C=CO/C(O)=C(\C)CC(C)(C)C(=O)OC(C)C. The molecule has 4 nitrogen and oxygen atoms in total. The van der Waals surface area contributed by atoms with Crippen molar-refractivity contribution in [3.8, 4) is 0 Å². The van der Waals surface area contributed by atoms with Crippen LogP contribution in [0.5, 0.6) is 0 Å². The molecule has 1 N–H and O–H groups in total. The Morgan fingerprint density at radius 2 is 2.00 bits per heavy atom. The quantitative estimate of drug-likeness (QED) is 0.573. The summed E-state index contributed by atoms with van der Waals surface area (Å²) in [6, 6.07) is 0. The Morgan fingerprint density at radius 1 is 1.47 bits per heavy atom. The molecule has 0 aromatic heterocycles. The molecule has 17 heavy (non-hydrogen) atoms. The molecule has 0 unspecified atom stereocenters. The molecular weight excluding hydrogens is 220 g/mol. The summed E-state index contributed by atoms with van der Waals surface area (Å²) in [5.41, 5.74) is -0.122. The zero-order valence-corrected chi connectivity index (χ0v) is 11.2. The van der Waals surface area contributed by atoms with Crippen molar-refractivity contribution >= 4 is 5.97 Å². The lowest BCUT2D eigenvalue weighted by atomic mass is 9.86. The van der Waals surface area contributed by atoms with Crippen molar-refractivity contribution in [3.05, 3.63) is 24.4 Å². The lowest BCUT2D eigenvalue weighted by Gasteiger charge is -2.24. The van der Waals surface area contributed by atoms with Crippen molar-refractivity contribution in [2.45, 2.75) is 47.1 Å². The zero-order chi connectivity index (χ0) is 13.6. The van der Waals surface area contributed by atoms with E-state index in [-0.39, 0.29) is 18.0 Å². The third-order valence-corrected chi connectivity index (χ3v) is 2.16. The largest absolute Gasteiger partial charge is 0.481 e. The molecule has 0 aliphatic rings. The first-order valence-corrected chi connectivity index (χ1v) is 5.58. The van der Waals surface area contributed by atoms with Crippen LogP contribution in [0.3, 0.4) is 0 Å². The molecule has 0 saturated heterocycles. The summed E-state index contributed by atoms with van der Waals surface area (Å²) < 4.78 is 9.91. The first kappa shape index (κ1) is 15.6. The average Bonchev–Trinajstić information content (AvgIpc) is 2.16. The smallest absolute Gasteiger partial charge is 0.312 e. The van der Waals surface area contributed by atoms with E-state index in [1.807, 2.05) is 0 Å². The molecule has 0 saturated carbocycles. The highest BCUT2D eigenvalue weighted by molar-refractivity contribution is 5.76. The van der Waals surface area contributed by atoms with Gasteiger partial charge in [-0.15, -0.1) is 0 Å². The molecular formula is C13H22O4. The van der Waals surface area contributed by atoms with Crippen LogP contribution in [0.4, 0.5) is 0 Å². The van der Waals surface area contributed by atoms with E-state index in [4.69, 9.17) is 9.47 Å². The van der Waals surface area contributed by atoms with Gasteiger partial charge in [-0.3, -0.25) is 4.79 Å². The van der Waals surface area contributed by atoms with Gasteiger partial charge in [-0.05, 0) is 41.0 Å². The fourth-order valence-electron chi connectivity index (χ4n) is 1.36. The predicted molar refractivity (Wildman–Crippen MR) is 66.2 cm³/mol. The summed E-state index contributed by atoms with van der Waals surface area (Å²) in [5, 5.41) is 9.48. The summed E-state index contributed by atoms with van der Waals surface area (Å²) in [6.45, 7) is 12.2. The molecule has 0 fully saturated rings. The van der Waals surface area contributed by atoms with Crippen LogP contribution in [-0.4, -0.2) is 17.2 Å². The van der Waals surface area contributed by atoms with Gasteiger partial charge in [0.2, 0.25) is 0 Å². The minimum absolute atomic E-state index is 0.149. The zero-order valence-electron chi connectivity index (χ0n) is 11.2. The van der Waals surface area contributed by atoms with Crippen LogP contribution in [0.25, 0.3) is 0 Å². The monoisotopic (exact) mass is 242 g/mol. The summed E-state index contributed by atoms with van der Waals surface area (Å²) in [4.78, 5) is 11.8. The molecule has 0 aromatic carbocycles. The molecule has 0 atom stereocenters. The van der Waals surface area contributed by atoms with Crippen molar-refractivity contribution < 1.29 is 19.4 Å². The first-order valence-electron chi connectivity index (χ1n) is 5.58. The topological polar surface area (TPSA) is 55.8 Å². The molecule has 0 spiro atoms. The Kier molecular flexibility index (Phi) is 5.79. The number of hydrogen-bond acceptors (Lipinski definition) is 4. The van der Waals surface area contributed by atoms with E-state index in [9.17, 15) is 9.90 Å². The maximum atomic E-state index is 11.8. The number of ether oxygens (including phenoxy) is 2. The van der Waals surface area contributed by atoms with Gasteiger partial charge in [0.1, 0.15) is 0 Å². The van der Waals surface area contributed by atoms with E-state index in [2.05, 4.69) is 6.58 Å². The minimum atomic E-state index is -0.702. The lowest BCUT2D eigenvalue weighted by molar-refractivity contribution is -0.157. The molecule has 0 aromatic rings. The number of carbonyl (C=O) groups is 1. The number of carbonyl (C=O) groups excluding carboxylic acids is 1. The lowest BCUT2D eigenvalue weighted by Crippen LogP contribution is -2.29. The predicted octanol–water partition coefficient (Wildman–Crippen LogP) is 3.30. The molecule has 0 radical (unpaired) electrons. The van der Waals surface area contributed by atoms with Gasteiger partial charge in [-0.1, -0.05) is 6.58 Å². The second-order valence-electron chi connectivity index (χ2n) is 4.88. The maximum Gasteiger partial charge on any atom is 0.312 e. The third-order valence-electron chi connectivity index (χ3n) is 2.16. The molecule has 0 aliphatic heterocycles. The van der Waals surface area contributed by atoms with Gasteiger partial charge in [0.05, 0.1) is 17.8 Å². The highest BCUT2D eigenvalue weighted by Crippen LogP contribution is 2.28. The average molecular weight is 242 g/mol. The number of hydrogen-bond donors (Lipinski definition) is 1. The van der Waals surface area contributed by atoms with Gasteiger partial charge in [-0.2, -0.15) is 0 Å². The molecule has 98 valence electrons. The third kappa shape index (κ3) is 5.43. The molecule has 0 heterocycles. The Hall–Kier alpha value is -1.45. The van der Waals surface area contributed by atoms with Gasteiger partial charge in [0, 0.05) is 5.57 Å². The molecule has 4 heteroatoms. The van der Waals surface area contributed by atoms with Crippen LogP contribution in [0.15, 0.2) is 24.4 Å². The first-order chi connectivity index (χ1) is 7.70. The summed E-state index contributed by atoms with van der Waals surface area (Å²) in [7, 11) is 0. The number of allylic oxidation sites excluding steroid dienone is 1. The van der Waals surface area contributed by atoms with Crippen LogP contribution in [0.1, 0.15) is 41.0 Å². The van der Waals surface area contributed by atoms with Crippen molar-refractivity contribution in [2.24, 2.45) is 5.41 Å². The highest BCUT2D eigenvalue weighted by atomic mass is 16.6. The van der Waals surface area contributed by atoms with Gasteiger partial charge in [0.15, 0.2) is 0 Å². The van der Waals surface area contributed by atoms with Crippen molar-refractivity contribution in [3.63, 3.8) is 0 Å². The summed E-state index contributed by atoms with van der Waals surface area (Å²) in [5.74, 6) is -0.510. The summed E-state index contributed by atoms with van der Waals surface area (Å²) >= 11 is 0. The molecule has 0 rings (SSSR count). The Balaban J connectivity index is 4.69. The second-order valence-corrected chi connectivity index (χ2v) is 4.88. The van der Waals surface area contributed by atoms with E-state index < -0.39 is 5.41 Å². The molecule has 0 bridgehead atoms. The normalized spacial score (nSPS) is 13.1. The Bertz CT molecular complexity index is 313. The minimum Gasteiger partial charge on any atom is -0.481 e. The fraction of sp³-hybridized carbons (Fsp3) is 0.615. The van der Waals surface area contributed by atoms with Gasteiger partial charge >= 0.3 is 5.97 Å². The van der Waals surface area contributed by atoms with Gasteiger partial charge in [-0.25, -0.2) is 0 Å². The maximum absolute atomic E-state index is 11.8. The summed E-state index contributed by atoms with van der Waals surface area (Å²) in [6.07, 6.45) is 1.35. The second kappa shape index (κ2) is 6.33. The van der Waals surface area contributed by atoms with Crippen molar-refractivity contribution in [1.29, 1.82) is 0 Å². The van der Waals surface area contributed by atoms with E-state index in [0.717, 1.165) is 6.26 Å². The molecule has 0 amide bonds. The van der Waals surface area contributed by atoms with Crippen molar-refractivity contribution in [2.75, 3.05) is 0 Å². The van der Waals surface area contributed by atoms with Crippen LogP contribution >= 0.6 is 0 Å². The standard InChI is InChI=1S/C13H22O4/c1-7-16-11(14)10(4)8-13(5,6)12(15)17-9(2)3/h7,9,14H,1,8H2,2-6H3/b11-10+. The highest BCUT2D eigenvalue weighted by Gasteiger charge is 2.31. The van der Waals surface area contributed by atoms with E-state index >= 15 is 0 Å². The van der Waals surface area contributed by atoms with Crippen LogP contribution < -0.4 is 0 Å². The fourth-order valence-corrected chi connectivity index (χ4v) is 1.36. The van der Waals surface area contributed by atoms with Crippen LogP contribution in [0.2, 0.25) is 0 Å². The van der Waals surface area contributed by atoms with Crippen LogP contribution in [-0.2, 0) is 14.3 Å². The Morgan fingerprint density at radius 3 is 2.41 bits per heavy atom. The van der Waals surface area contributed by atoms with Crippen LogP contribution in [0, 0.1) is 5.41 Å². The molecule has 0 aliphatic carbocycles. The van der Waals surface area contributed by atoms with Gasteiger partial charge < -0.3 is 14.6 Å². The van der Waals surface area contributed by atoms with E-state index in [0.29, 0.717) is 12.0 Å².